The molecule has 0 bridgehead atoms. The lowest BCUT2D eigenvalue weighted by molar-refractivity contribution is 0.0531. The van der Waals surface area contributed by atoms with E-state index in [0.717, 1.165) is 21.5 Å². The monoisotopic (exact) mass is 262 g/mol. The molecule has 0 fully saturated rings. The first-order chi connectivity index (χ1) is 8.69. The molecule has 2 heterocycles. The molecule has 5 heteroatoms. The highest BCUT2D eigenvalue weighted by molar-refractivity contribution is 7.20. The van der Waals surface area contributed by atoms with Gasteiger partial charge in [0.1, 0.15) is 16.0 Å². The molecule has 0 radical (unpaired) electrons. The summed E-state index contributed by atoms with van der Waals surface area (Å²) >= 11 is 1.35. The Hall–Kier alpha value is -1.75. The predicted molar refractivity (Wildman–Crippen MR) is 72.8 cm³/mol. The quantitative estimate of drug-likeness (QED) is 0.797. The average Bonchev–Trinajstić information content (AvgIpc) is 2.69. The topological polar surface area (TPSA) is 52.1 Å². The van der Waals surface area contributed by atoms with Crippen LogP contribution < -0.4 is 0 Å². The highest BCUT2D eigenvalue weighted by Crippen LogP contribution is 2.31. The van der Waals surface area contributed by atoms with Crippen LogP contribution in [0, 0.1) is 6.92 Å². The van der Waals surface area contributed by atoms with E-state index in [1.807, 2.05) is 26.0 Å². The number of aryl methyl sites for hydroxylation is 1. The van der Waals surface area contributed by atoms with Crippen molar-refractivity contribution in [1.29, 1.82) is 0 Å². The van der Waals surface area contributed by atoms with Gasteiger partial charge in [-0.3, -0.25) is 0 Å². The van der Waals surface area contributed by atoms with Gasteiger partial charge in [-0.25, -0.2) is 14.8 Å². The zero-order valence-electron chi connectivity index (χ0n) is 10.6. The molecule has 0 aromatic carbocycles. The van der Waals surface area contributed by atoms with E-state index < -0.39 is 0 Å². The van der Waals surface area contributed by atoms with E-state index >= 15 is 0 Å². The maximum Gasteiger partial charge on any atom is 0.348 e. The minimum Gasteiger partial charge on any atom is -0.462 e. The molecule has 0 spiro atoms. The molecule has 0 saturated carbocycles. The van der Waals surface area contributed by atoms with Crippen molar-refractivity contribution >= 4 is 33.6 Å². The molecule has 2 aromatic heterocycles. The van der Waals surface area contributed by atoms with Crippen molar-refractivity contribution in [3.05, 3.63) is 28.5 Å². The standard InChI is InChI=1S/C13H14N2O2S/c1-4-6-9-10-8(3)11(13(16)17-5-2)18-12(10)15-7-14-9/h4,6-7H,5H2,1-3H3/b6-4+. The van der Waals surface area contributed by atoms with Crippen LogP contribution in [0.5, 0.6) is 0 Å². The Morgan fingerprint density at radius 1 is 1.50 bits per heavy atom. The minimum atomic E-state index is -0.288. The van der Waals surface area contributed by atoms with Crippen molar-refractivity contribution in [3.63, 3.8) is 0 Å². The van der Waals surface area contributed by atoms with Gasteiger partial charge in [-0.15, -0.1) is 11.3 Å². The Bertz CT molecular complexity index is 617. The third-order valence-corrected chi connectivity index (χ3v) is 3.72. The lowest BCUT2D eigenvalue weighted by Gasteiger charge is -2.00. The normalized spacial score (nSPS) is 11.3. The molecular weight excluding hydrogens is 248 g/mol. The zero-order valence-corrected chi connectivity index (χ0v) is 11.4. The first-order valence-corrected chi connectivity index (χ1v) is 6.54. The van der Waals surface area contributed by atoms with E-state index in [1.54, 1.807) is 6.92 Å². The van der Waals surface area contributed by atoms with Crippen molar-refractivity contribution in [2.24, 2.45) is 0 Å². The molecule has 18 heavy (non-hydrogen) atoms. The summed E-state index contributed by atoms with van der Waals surface area (Å²) in [5, 5.41) is 0.934. The summed E-state index contributed by atoms with van der Waals surface area (Å²) in [6, 6.07) is 0. The van der Waals surface area contributed by atoms with E-state index in [0.29, 0.717) is 11.5 Å². The van der Waals surface area contributed by atoms with E-state index in [-0.39, 0.29) is 5.97 Å². The number of aromatic nitrogens is 2. The molecule has 0 N–H and O–H groups in total. The minimum absolute atomic E-state index is 0.288. The lowest BCUT2D eigenvalue weighted by Crippen LogP contribution is -2.03. The summed E-state index contributed by atoms with van der Waals surface area (Å²) in [5.41, 5.74) is 1.73. The maximum absolute atomic E-state index is 11.8. The van der Waals surface area contributed by atoms with Crippen molar-refractivity contribution in [3.8, 4) is 0 Å². The Labute approximate surface area is 109 Å². The molecule has 2 aromatic rings. The first kappa shape index (κ1) is 12.7. The fraction of sp³-hybridized carbons (Fsp3) is 0.308. The molecular formula is C13H14N2O2S. The van der Waals surface area contributed by atoms with Gasteiger partial charge in [0.2, 0.25) is 0 Å². The fourth-order valence-electron chi connectivity index (χ4n) is 1.77. The van der Waals surface area contributed by atoms with Crippen molar-refractivity contribution in [2.45, 2.75) is 20.8 Å². The van der Waals surface area contributed by atoms with Gasteiger partial charge in [0.25, 0.3) is 0 Å². The second-order valence-corrected chi connectivity index (χ2v) is 4.71. The molecule has 94 valence electrons. The number of hydrogen-bond donors (Lipinski definition) is 0. The van der Waals surface area contributed by atoms with Gasteiger partial charge in [-0.05, 0) is 32.4 Å². The number of rotatable bonds is 3. The number of carbonyl (C=O) groups is 1. The van der Waals surface area contributed by atoms with Crippen LogP contribution in [0.25, 0.3) is 16.3 Å². The molecule has 0 unspecified atom stereocenters. The summed E-state index contributed by atoms with van der Waals surface area (Å²) in [5.74, 6) is -0.288. The third-order valence-electron chi connectivity index (χ3n) is 2.54. The van der Waals surface area contributed by atoms with E-state index in [4.69, 9.17) is 4.74 Å². The zero-order chi connectivity index (χ0) is 13.1. The molecule has 4 nitrogen and oxygen atoms in total. The van der Waals surface area contributed by atoms with Crippen LogP contribution in [0.3, 0.4) is 0 Å². The van der Waals surface area contributed by atoms with Gasteiger partial charge in [0.05, 0.1) is 12.3 Å². The van der Waals surface area contributed by atoms with Crippen LogP contribution in [0.15, 0.2) is 12.4 Å². The van der Waals surface area contributed by atoms with E-state index in [1.165, 1.54) is 17.7 Å². The summed E-state index contributed by atoms with van der Waals surface area (Å²) in [7, 11) is 0. The first-order valence-electron chi connectivity index (χ1n) is 5.73. The van der Waals surface area contributed by atoms with Crippen LogP contribution in [0.2, 0.25) is 0 Å². The van der Waals surface area contributed by atoms with Crippen molar-refractivity contribution in [1.82, 2.24) is 9.97 Å². The van der Waals surface area contributed by atoms with Gasteiger partial charge in [0, 0.05) is 5.39 Å². The summed E-state index contributed by atoms with van der Waals surface area (Å²) in [6.45, 7) is 6.01. The highest BCUT2D eigenvalue weighted by atomic mass is 32.1. The molecule has 0 amide bonds. The second-order valence-electron chi connectivity index (χ2n) is 3.72. The summed E-state index contributed by atoms with van der Waals surface area (Å²) in [4.78, 5) is 21.7. The Morgan fingerprint density at radius 3 is 2.94 bits per heavy atom. The van der Waals surface area contributed by atoms with E-state index in [2.05, 4.69) is 9.97 Å². The van der Waals surface area contributed by atoms with Gasteiger partial charge in [0.15, 0.2) is 0 Å². The Balaban J connectivity index is 2.63. The second kappa shape index (κ2) is 5.27. The van der Waals surface area contributed by atoms with Crippen LogP contribution >= 0.6 is 11.3 Å². The Kier molecular flexibility index (Phi) is 3.72. The number of nitrogens with zero attached hydrogens (tertiary/aromatic N) is 2. The van der Waals surface area contributed by atoms with Crippen LogP contribution in [0.4, 0.5) is 0 Å². The summed E-state index contributed by atoms with van der Waals surface area (Å²) < 4.78 is 5.04. The van der Waals surface area contributed by atoms with E-state index in [9.17, 15) is 4.79 Å². The lowest BCUT2D eigenvalue weighted by atomic mass is 10.1. The smallest absolute Gasteiger partial charge is 0.348 e. The number of fused-ring (bicyclic) bond motifs is 1. The maximum atomic E-state index is 11.8. The predicted octanol–water partition coefficient (Wildman–Crippen LogP) is 3.21. The third kappa shape index (κ3) is 2.13. The van der Waals surface area contributed by atoms with Gasteiger partial charge < -0.3 is 4.74 Å². The molecule has 0 saturated heterocycles. The highest BCUT2D eigenvalue weighted by Gasteiger charge is 2.19. The number of carbonyl (C=O) groups excluding carboxylic acids is 1. The molecule has 0 aliphatic rings. The number of ether oxygens (including phenoxy) is 1. The number of esters is 1. The Morgan fingerprint density at radius 2 is 2.28 bits per heavy atom. The largest absolute Gasteiger partial charge is 0.462 e. The van der Waals surface area contributed by atoms with Gasteiger partial charge >= 0.3 is 5.97 Å². The molecule has 2 rings (SSSR count). The SMILES string of the molecule is C/C=C/c1ncnc2sc(C(=O)OCC)c(C)c12. The number of allylic oxidation sites excluding steroid dienone is 1. The van der Waals surface area contributed by atoms with Crippen molar-refractivity contribution in [2.75, 3.05) is 6.61 Å². The number of thiophene rings is 1. The molecule has 0 aliphatic carbocycles. The van der Waals surface area contributed by atoms with Crippen LogP contribution in [-0.2, 0) is 4.74 Å². The number of hydrogen-bond acceptors (Lipinski definition) is 5. The summed E-state index contributed by atoms with van der Waals surface area (Å²) in [6.07, 6.45) is 5.35. The van der Waals surface area contributed by atoms with Crippen molar-refractivity contribution < 1.29 is 9.53 Å². The van der Waals surface area contributed by atoms with Crippen LogP contribution in [-0.4, -0.2) is 22.5 Å². The fourth-order valence-corrected chi connectivity index (χ4v) is 2.82. The average molecular weight is 262 g/mol. The van der Waals surface area contributed by atoms with Gasteiger partial charge in [-0.1, -0.05) is 6.08 Å². The van der Waals surface area contributed by atoms with Gasteiger partial charge in [-0.2, -0.15) is 0 Å². The molecule has 0 atom stereocenters. The van der Waals surface area contributed by atoms with Crippen LogP contribution in [0.1, 0.15) is 34.8 Å². The molecule has 0 aliphatic heterocycles.